The van der Waals surface area contributed by atoms with Gasteiger partial charge in [-0.15, -0.1) is 0 Å². The largest absolute Gasteiger partial charge is 0.371 e. The van der Waals surface area contributed by atoms with Gasteiger partial charge in [-0.3, -0.25) is 9.59 Å². The summed E-state index contributed by atoms with van der Waals surface area (Å²) in [5.74, 6) is 0.278. The van der Waals surface area contributed by atoms with Gasteiger partial charge in [0.15, 0.2) is 11.6 Å². The van der Waals surface area contributed by atoms with Gasteiger partial charge in [0, 0.05) is 41.7 Å². The van der Waals surface area contributed by atoms with Gasteiger partial charge in [-0.05, 0) is 68.9 Å². The number of ketones is 2. The van der Waals surface area contributed by atoms with Crippen LogP contribution in [0.4, 0.5) is 5.69 Å². The van der Waals surface area contributed by atoms with E-state index in [9.17, 15) is 9.59 Å². The number of carbonyl (C=O) groups excluding carboxylic acids is 2. The molecule has 0 amide bonds. The smallest absolute Gasteiger partial charge is 0.163 e. The van der Waals surface area contributed by atoms with E-state index in [1.165, 1.54) is 32.1 Å². The van der Waals surface area contributed by atoms with Crippen LogP contribution >= 0.6 is 15.9 Å². The van der Waals surface area contributed by atoms with Crippen LogP contribution in [0.25, 0.3) is 0 Å². The lowest BCUT2D eigenvalue weighted by atomic mass is 9.88. The number of hydrogen-bond donors (Lipinski definition) is 0. The third kappa shape index (κ3) is 5.09. The Hall–Kier alpha value is -1.68. The van der Waals surface area contributed by atoms with Gasteiger partial charge in [-0.2, -0.15) is 0 Å². The standard InChI is InChI=1S/C25H32BrNO2/c1-16-12-17(2)21(25(29)13-16)10-11-24(28)22-14-19(26)15-23(18(22)3)27(4)20-8-6-5-7-9-20/h12,14-15,20H,5-11,13H2,1-4H3. The summed E-state index contributed by atoms with van der Waals surface area (Å²) in [6, 6.07) is 4.61. The maximum Gasteiger partial charge on any atom is 0.163 e. The predicted octanol–water partition coefficient (Wildman–Crippen LogP) is 6.72. The minimum atomic E-state index is 0.112. The molecular weight excluding hydrogens is 426 g/mol. The van der Waals surface area contributed by atoms with Crippen LogP contribution in [0.2, 0.25) is 0 Å². The number of halogens is 1. The molecule has 0 aromatic heterocycles. The molecule has 2 aliphatic carbocycles. The molecule has 4 heteroatoms. The Kier molecular flexibility index (Phi) is 7.15. The highest BCUT2D eigenvalue weighted by Gasteiger charge is 2.23. The van der Waals surface area contributed by atoms with Crippen molar-refractivity contribution in [2.45, 2.75) is 78.2 Å². The number of carbonyl (C=O) groups is 2. The van der Waals surface area contributed by atoms with Gasteiger partial charge in [-0.1, -0.05) is 46.8 Å². The summed E-state index contributed by atoms with van der Waals surface area (Å²) in [4.78, 5) is 27.8. The summed E-state index contributed by atoms with van der Waals surface area (Å²) < 4.78 is 0.937. The molecule has 0 saturated heterocycles. The van der Waals surface area contributed by atoms with Crippen LogP contribution in [-0.4, -0.2) is 24.7 Å². The lowest BCUT2D eigenvalue weighted by Gasteiger charge is -2.34. The Labute approximate surface area is 183 Å². The maximum absolute atomic E-state index is 13.1. The van der Waals surface area contributed by atoms with Gasteiger partial charge >= 0.3 is 0 Å². The Morgan fingerprint density at radius 2 is 1.83 bits per heavy atom. The van der Waals surface area contributed by atoms with Crippen LogP contribution in [0.3, 0.4) is 0 Å². The lowest BCUT2D eigenvalue weighted by molar-refractivity contribution is -0.115. The van der Waals surface area contributed by atoms with E-state index >= 15 is 0 Å². The molecule has 1 aromatic rings. The van der Waals surface area contributed by atoms with Crippen molar-refractivity contribution in [2.75, 3.05) is 11.9 Å². The number of allylic oxidation sites excluding steroid dienone is 4. The zero-order chi connectivity index (χ0) is 21.1. The summed E-state index contributed by atoms with van der Waals surface area (Å²) in [5, 5.41) is 0. The van der Waals surface area contributed by atoms with Crippen LogP contribution in [0, 0.1) is 6.92 Å². The summed E-state index contributed by atoms with van der Waals surface area (Å²) in [6.07, 6.45) is 9.77. The van der Waals surface area contributed by atoms with E-state index in [1.807, 2.05) is 19.9 Å². The molecule has 0 atom stereocenters. The van der Waals surface area contributed by atoms with Crippen molar-refractivity contribution in [1.29, 1.82) is 0 Å². The zero-order valence-corrected chi connectivity index (χ0v) is 19.7. The normalized spacial score (nSPS) is 18.1. The fraction of sp³-hybridized carbons (Fsp3) is 0.520. The molecule has 156 valence electrons. The highest BCUT2D eigenvalue weighted by molar-refractivity contribution is 9.10. The molecule has 29 heavy (non-hydrogen) atoms. The Bertz CT molecular complexity index is 875. The van der Waals surface area contributed by atoms with E-state index in [2.05, 4.69) is 46.9 Å². The van der Waals surface area contributed by atoms with Crippen molar-refractivity contribution in [3.63, 3.8) is 0 Å². The zero-order valence-electron chi connectivity index (χ0n) is 18.1. The first-order chi connectivity index (χ1) is 13.8. The lowest BCUT2D eigenvalue weighted by Crippen LogP contribution is -2.34. The fourth-order valence-corrected chi connectivity index (χ4v) is 5.23. The van der Waals surface area contributed by atoms with Crippen LogP contribution in [0.5, 0.6) is 0 Å². The minimum absolute atomic E-state index is 0.112. The summed E-state index contributed by atoms with van der Waals surface area (Å²) in [5.41, 5.74) is 5.87. The van der Waals surface area contributed by atoms with Gasteiger partial charge in [-0.25, -0.2) is 0 Å². The second-order valence-corrected chi connectivity index (χ2v) is 9.59. The number of anilines is 1. The molecule has 1 aromatic carbocycles. The van der Waals surface area contributed by atoms with E-state index < -0.39 is 0 Å². The van der Waals surface area contributed by atoms with Crippen molar-refractivity contribution >= 4 is 33.2 Å². The van der Waals surface area contributed by atoms with Gasteiger partial charge in [0.2, 0.25) is 0 Å². The molecule has 1 fully saturated rings. The number of hydrogen-bond acceptors (Lipinski definition) is 3. The highest BCUT2D eigenvalue weighted by Crippen LogP contribution is 2.33. The van der Waals surface area contributed by atoms with Crippen LogP contribution in [0.15, 0.2) is 39.4 Å². The molecule has 1 saturated carbocycles. The summed E-state index contributed by atoms with van der Waals surface area (Å²) >= 11 is 3.61. The van der Waals surface area contributed by atoms with Crippen molar-refractivity contribution < 1.29 is 9.59 Å². The van der Waals surface area contributed by atoms with Gasteiger partial charge in [0.25, 0.3) is 0 Å². The van der Waals surface area contributed by atoms with Crippen molar-refractivity contribution in [1.82, 2.24) is 0 Å². The Balaban J connectivity index is 1.79. The monoisotopic (exact) mass is 457 g/mol. The van der Waals surface area contributed by atoms with Crippen molar-refractivity contribution in [3.05, 3.63) is 50.5 Å². The van der Waals surface area contributed by atoms with Gasteiger partial charge in [0.05, 0.1) is 0 Å². The van der Waals surface area contributed by atoms with Crippen molar-refractivity contribution in [3.8, 4) is 0 Å². The molecule has 0 unspecified atom stereocenters. The average molecular weight is 458 g/mol. The number of benzene rings is 1. The van der Waals surface area contributed by atoms with Crippen LogP contribution in [0.1, 0.15) is 81.1 Å². The number of rotatable bonds is 6. The molecule has 3 nitrogen and oxygen atoms in total. The van der Waals surface area contributed by atoms with Crippen LogP contribution in [-0.2, 0) is 4.79 Å². The van der Waals surface area contributed by atoms with E-state index in [1.54, 1.807) is 0 Å². The topological polar surface area (TPSA) is 37.4 Å². The first-order valence-corrected chi connectivity index (χ1v) is 11.5. The molecule has 0 bridgehead atoms. The average Bonchev–Trinajstić information content (AvgIpc) is 2.68. The van der Waals surface area contributed by atoms with Crippen molar-refractivity contribution in [2.24, 2.45) is 0 Å². The highest BCUT2D eigenvalue weighted by atomic mass is 79.9. The number of nitrogens with zero attached hydrogens (tertiary/aromatic N) is 1. The Morgan fingerprint density at radius 1 is 1.14 bits per heavy atom. The SMILES string of the molecule is CC1=CC(C)=C(CCC(=O)c2cc(Br)cc(N(C)C3CCCCC3)c2C)C(=O)C1. The molecule has 2 aliphatic rings. The molecular formula is C25H32BrNO2. The predicted molar refractivity (Wildman–Crippen MR) is 124 cm³/mol. The molecule has 0 N–H and O–H groups in total. The summed E-state index contributed by atoms with van der Waals surface area (Å²) in [6.45, 7) is 6.01. The summed E-state index contributed by atoms with van der Waals surface area (Å²) in [7, 11) is 2.16. The van der Waals surface area contributed by atoms with E-state index in [4.69, 9.17) is 0 Å². The van der Waals surface area contributed by atoms with E-state index in [-0.39, 0.29) is 11.6 Å². The van der Waals surface area contributed by atoms with Gasteiger partial charge < -0.3 is 4.90 Å². The molecule has 3 rings (SSSR count). The molecule has 0 spiro atoms. The molecule has 0 aliphatic heterocycles. The Morgan fingerprint density at radius 3 is 2.48 bits per heavy atom. The third-order valence-corrected chi connectivity index (χ3v) is 6.92. The first-order valence-electron chi connectivity index (χ1n) is 10.7. The molecule has 0 radical (unpaired) electrons. The second-order valence-electron chi connectivity index (χ2n) is 8.68. The molecule has 0 heterocycles. The maximum atomic E-state index is 13.1. The van der Waals surface area contributed by atoms with E-state index in [0.717, 1.165) is 38.0 Å². The second kappa shape index (κ2) is 9.42. The fourth-order valence-electron chi connectivity index (χ4n) is 4.78. The minimum Gasteiger partial charge on any atom is -0.371 e. The van der Waals surface area contributed by atoms with E-state index in [0.29, 0.717) is 25.3 Å². The van der Waals surface area contributed by atoms with Crippen LogP contribution < -0.4 is 4.90 Å². The first kappa shape index (κ1) is 22.0. The number of Topliss-reactive ketones (excluding diaryl/α,β-unsaturated/α-hetero) is 2. The quantitative estimate of drug-likeness (QED) is 0.444. The third-order valence-electron chi connectivity index (χ3n) is 6.46. The van der Waals surface area contributed by atoms with Gasteiger partial charge in [0.1, 0.15) is 0 Å².